The molecule has 0 unspecified atom stereocenters. The van der Waals surface area contributed by atoms with Crippen LogP contribution in [0.3, 0.4) is 0 Å². The van der Waals surface area contributed by atoms with Gasteiger partial charge in [-0.05, 0) is 111 Å². The number of aliphatic imine (C=N–C) groups is 1. The van der Waals surface area contributed by atoms with Gasteiger partial charge in [0.15, 0.2) is 0 Å². The van der Waals surface area contributed by atoms with E-state index in [0.717, 1.165) is 48.2 Å². The second-order valence-corrected chi connectivity index (χ2v) is 14.5. The summed E-state index contributed by atoms with van der Waals surface area (Å²) in [5.41, 5.74) is 4.07. The Bertz CT molecular complexity index is 1680. The van der Waals surface area contributed by atoms with Crippen molar-refractivity contribution in [2.45, 2.75) is 65.0 Å². The molecule has 2 fully saturated rings. The van der Waals surface area contributed by atoms with Gasteiger partial charge in [0, 0.05) is 55.8 Å². The van der Waals surface area contributed by atoms with Crippen molar-refractivity contribution < 1.29 is 19.2 Å². The van der Waals surface area contributed by atoms with Crippen LogP contribution in [0, 0.1) is 29.6 Å². The largest absolute Gasteiger partial charge is 0.343 e. The lowest BCUT2D eigenvalue weighted by Gasteiger charge is -2.41. The molecule has 0 bridgehead atoms. The molecule has 4 N–H and O–H groups in total. The zero-order chi connectivity index (χ0) is 36.9. The molecule has 2 aromatic rings. The van der Waals surface area contributed by atoms with Crippen molar-refractivity contribution in [2.75, 3.05) is 51.8 Å². The zero-order valence-electron chi connectivity index (χ0n) is 30.6. The van der Waals surface area contributed by atoms with Crippen molar-refractivity contribution in [1.82, 2.24) is 25.8 Å². The van der Waals surface area contributed by atoms with Crippen LogP contribution >= 0.6 is 0 Å². The molecule has 0 aromatic heterocycles. The molecule has 2 aliphatic heterocycles. The van der Waals surface area contributed by atoms with E-state index in [9.17, 15) is 19.2 Å². The number of anilines is 1. The Kier molecular flexibility index (Phi) is 13.8. The normalized spacial score (nSPS) is 18.6. The van der Waals surface area contributed by atoms with Crippen molar-refractivity contribution in [3.8, 4) is 12.3 Å². The Morgan fingerprint density at radius 3 is 2.52 bits per heavy atom. The monoisotopic (exact) mass is 707 g/mol. The lowest BCUT2D eigenvalue weighted by Crippen LogP contribution is -2.51. The highest BCUT2D eigenvalue weighted by Gasteiger charge is 2.41. The Hall–Kier alpha value is -4.79. The van der Waals surface area contributed by atoms with E-state index in [1.807, 2.05) is 61.3 Å². The highest BCUT2D eigenvalue weighted by Crippen LogP contribution is 2.35. The summed E-state index contributed by atoms with van der Waals surface area (Å²) in [7, 11) is 1.89. The van der Waals surface area contributed by atoms with Crippen LogP contribution in [0.25, 0.3) is 0 Å². The molecule has 0 radical (unpaired) electrons. The average molecular weight is 708 g/mol. The van der Waals surface area contributed by atoms with E-state index in [-0.39, 0.29) is 42.8 Å². The van der Waals surface area contributed by atoms with Crippen LogP contribution in [-0.4, -0.2) is 86.1 Å². The molecule has 1 atom stereocenters. The third-order valence-corrected chi connectivity index (χ3v) is 10.6. The number of fused-ring (bicyclic) bond motifs is 1. The van der Waals surface area contributed by atoms with E-state index in [1.54, 1.807) is 17.2 Å². The van der Waals surface area contributed by atoms with E-state index in [0.29, 0.717) is 69.9 Å². The summed E-state index contributed by atoms with van der Waals surface area (Å²) in [5, 5.41) is 12.4. The third kappa shape index (κ3) is 10.4. The Labute approximate surface area is 308 Å². The minimum atomic E-state index is -0.698. The van der Waals surface area contributed by atoms with E-state index >= 15 is 0 Å². The fraction of sp³-hybridized carbons (Fsp3) is 0.488. The molecule has 276 valence electrons. The van der Waals surface area contributed by atoms with Crippen LogP contribution in [0.1, 0.15) is 61.3 Å². The van der Waals surface area contributed by atoms with Crippen LogP contribution < -0.4 is 21.3 Å². The number of terminal acetylenes is 1. The zero-order valence-corrected chi connectivity index (χ0v) is 30.6. The molecular weight excluding hydrogens is 654 g/mol. The lowest BCUT2D eigenvalue weighted by molar-refractivity contribution is -0.149. The summed E-state index contributed by atoms with van der Waals surface area (Å²) in [6, 6.07) is 13.7. The number of carbonyl (C=O) groups is 4. The van der Waals surface area contributed by atoms with E-state index in [1.165, 1.54) is 6.08 Å². The van der Waals surface area contributed by atoms with E-state index in [4.69, 9.17) is 6.42 Å². The molecule has 1 aliphatic carbocycles. The van der Waals surface area contributed by atoms with Crippen LogP contribution in [0.2, 0.25) is 0 Å². The molecule has 2 heterocycles. The summed E-state index contributed by atoms with van der Waals surface area (Å²) in [6.07, 6.45) is 14.8. The van der Waals surface area contributed by atoms with Crippen LogP contribution in [0.5, 0.6) is 0 Å². The Morgan fingerprint density at radius 1 is 1.06 bits per heavy atom. The predicted octanol–water partition coefficient (Wildman–Crippen LogP) is 3.44. The van der Waals surface area contributed by atoms with Crippen LogP contribution in [-0.2, 0) is 45.1 Å². The number of hydrogen-bond donors (Lipinski definition) is 4. The van der Waals surface area contributed by atoms with Gasteiger partial charge in [0.05, 0.1) is 0 Å². The first-order chi connectivity index (χ1) is 25.2. The van der Waals surface area contributed by atoms with Gasteiger partial charge in [0.25, 0.3) is 0 Å². The lowest BCUT2D eigenvalue weighted by atomic mass is 9.78. The number of nitrogens with one attached hydrogen (secondary N) is 4. The molecule has 2 saturated heterocycles. The SMILES string of the molecule is C#C/C=C\C=NCNC(=O)[C@@H]1Cc2ccc(NC(=O)CN(Cc3ccccc3CNC)C(=O)C3(C)CCN(C(=O)CC4CCNCC4)CC3)cc2C1. The quantitative estimate of drug-likeness (QED) is 0.176. The van der Waals surface area contributed by atoms with Gasteiger partial charge < -0.3 is 31.1 Å². The minimum Gasteiger partial charge on any atom is -0.343 e. The van der Waals surface area contributed by atoms with Crippen molar-refractivity contribution in [2.24, 2.45) is 22.2 Å². The van der Waals surface area contributed by atoms with Gasteiger partial charge in [0.1, 0.15) is 13.2 Å². The van der Waals surface area contributed by atoms with Gasteiger partial charge in [-0.15, -0.1) is 6.42 Å². The van der Waals surface area contributed by atoms with Crippen molar-refractivity contribution in [1.29, 1.82) is 0 Å². The van der Waals surface area contributed by atoms with Crippen molar-refractivity contribution >= 4 is 35.5 Å². The maximum Gasteiger partial charge on any atom is 0.244 e. The molecule has 4 amide bonds. The smallest absolute Gasteiger partial charge is 0.244 e. The first-order valence-corrected chi connectivity index (χ1v) is 18.5. The number of rotatable bonds is 14. The van der Waals surface area contributed by atoms with Crippen LogP contribution in [0.15, 0.2) is 59.6 Å². The molecule has 2 aromatic carbocycles. The molecule has 52 heavy (non-hydrogen) atoms. The van der Waals surface area contributed by atoms with Gasteiger partial charge in [-0.25, -0.2) is 0 Å². The number of nitrogens with zero attached hydrogens (tertiary/aromatic N) is 3. The van der Waals surface area contributed by atoms with Gasteiger partial charge in [-0.2, -0.15) is 0 Å². The Balaban J connectivity index is 1.22. The highest BCUT2D eigenvalue weighted by atomic mass is 16.2. The summed E-state index contributed by atoms with van der Waals surface area (Å²) in [4.78, 5) is 61.8. The van der Waals surface area contributed by atoms with Gasteiger partial charge in [-0.1, -0.05) is 43.2 Å². The number of allylic oxidation sites excluding steroid dienone is 2. The fourth-order valence-electron chi connectivity index (χ4n) is 7.52. The summed E-state index contributed by atoms with van der Waals surface area (Å²) in [6.45, 7) is 5.96. The number of benzene rings is 2. The molecule has 3 aliphatic rings. The predicted molar refractivity (Wildman–Crippen MR) is 204 cm³/mol. The maximum atomic E-state index is 14.4. The van der Waals surface area contributed by atoms with Gasteiger partial charge in [-0.3, -0.25) is 24.2 Å². The van der Waals surface area contributed by atoms with E-state index < -0.39 is 5.41 Å². The first-order valence-electron chi connectivity index (χ1n) is 18.5. The van der Waals surface area contributed by atoms with Gasteiger partial charge >= 0.3 is 0 Å². The molecule has 0 saturated carbocycles. The molecule has 11 nitrogen and oxygen atoms in total. The van der Waals surface area contributed by atoms with Gasteiger partial charge in [0.2, 0.25) is 23.6 Å². The number of carbonyl (C=O) groups excluding carboxylic acids is 4. The number of likely N-dealkylation sites (tertiary alicyclic amines) is 1. The second-order valence-electron chi connectivity index (χ2n) is 14.5. The summed E-state index contributed by atoms with van der Waals surface area (Å²) < 4.78 is 0. The minimum absolute atomic E-state index is 0.0713. The maximum absolute atomic E-state index is 14.4. The number of hydrogen-bond acceptors (Lipinski definition) is 7. The molecule has 5 rings (SSSR count). The third-order valence-electron chi connectivity index (χ3n) is 10.6. The van der Waals surface area contributed by atoms with Crippen LogP contribution in [0.4, 0.5) is 5.69 Å². The first kappa shape index (κ1) is 38.4. The molecule has 11 heteroatoms. The van der Waals surface area contributed by atoms with E-state index in [2.05, 4.69) is 32.2 Å². The number of piperidine rings is 2. The Morgan fingerprint density at radius 2 is 1.79 bits per heavy atom. The second kappa shape index (κ2) is 18.6. The highest BCUT2D eigenvalue weighted by molar-refractivity contribution is 5.95. The molecular formula is C41H53N7O4. The fourth-order valence-corrected chi connectivity index (χ4v) is 7.52. The number of amides is 4. The topological polar surface area (TPSA) is 135 Å². The summed E-state index contributed by atoms with van der Waals surface area (Å²) in [5.74, 6) is 2.33. The summed E-state index contributed by atoms with van der Waals surface area (Å²) >= 11 is 0. The average Bonchev–Trinajstić information content (AvgIpc) is 3.58. The van der Waals surface area contributed by atoms with Crippen molar-refractivity contribution in [3.05, 3.63) is 76.9 Å². The standard InChI is InChI=1S/C41H53N7O4/c1-4-5-8-17-44-29-45-39(51)35-23-31-11-12-36(25-34(31)24-35)46-37(49)28-48(27-33-10-7-6-9-32(33)26-42-3)40(52)41(2)15-20-47(21-16-41)38(50)22-30-13-18-43-19-14-30/h1,5-12,17,25,30,35,42-43H,13-16,18-24,26-29H2,2-3H3,(H,45,51)(H,46,49)/b8-5-,44-17?/t35-/m1/s1. The molecule has 0 spiro atoms. The van der Waals surface area contributed by atoms with Crippen molar-refractivity contribution in [3.63, 3.8) is 0 Å².